The second kappa shape index (κ2) is 2.12. The van der Waals surface area contributed by atoms with Gasteiger partial charge in [0.05, 0.1) is 6.04 Å². The summed E-state index contributed by atoms with van der Waals surface area (Å²) in [4.78, 5) is 0. The molecule has 0 aromatic rings. The van der Waals surface area contributed by atoms with E-state index in [0.717, 1.165) is 0 Å². The van der Waals surface area contributed by atoms with Crippen LogP contribution in [-0.2, 0) is 0 Å². The third kappa shape index (κ3) is 2.14. The van der Waals surface area contributed by atoms with Crippen molar-refractivity contribution in [1.29, 1.82) is 0 Å². The number of nitrogens with zero attached hydrogens (tertiary/aromatic N) is 1. The molecular formula is C3H9NO2. The van der Waals surface area contributed by atoms with E-state index in [9.17, 15) is 0 Å². The van der Waals surface area contributed by atoms with Crippen molar-refractivity contribution < 1.29 is 10.4 Å². The predicted octanol–water partition coefficient (Wildman–Crippen LogP) is 0.475. The zero-order valence-corrected chi connectivity index (χ0v) is 3.92. The van der Waals surface area contributed by atoms with Gasteiger partial charge in [0.25, 0.3) is 0 Å². The normalized spacial score (nSPS) is 11.0. The van der Waals surface area contributed by atoms with Gasteiger partial charge in [0.15, 0.2) is 0 Å². The molecule has 2 N–H and O–H groups in total. The van der Waals surface area contributed by atoms with E-state index in [4.69, 9.17) is 10.4 Å². The van der Waals surface area contributed by atoms with Gasteiger partial charge in [-0.1, -0.05) is 5.23 Å². The first-order chi connectivity index (χ1) is 2.64. The lowest BCUT2D eigenvalue weighted by molar-refractivity contribution is -0.325. The lowest BCUT2D eigenvalue weighted by Crippen LogP contribution is -2.22. The smallest absolute Gasteiger partial charge is 0.0567 e. The zero-order valence-electron chi connectivity index (χ0n) is 3.92. The molecule has 0 aliphatic heterocycles. The summed E-state index contributed by atoms with van der Waals surface area (Å²) >= 11 is 0. The largest absolute Gasteiger partial charge is 0.289 e. The first-order valence-corrected chi connectivity index (χ1v) is 1.81. The highest BCUT2D eigenvalue weighted by Gasteiger charge is 1.95. The van der Waals surface area contributed by atoms with E-state index < -0.39 is 0 Å². The van der Waals surface area contributed by atoms with Crippen molar-refractivity contribution in [3.8, 4) is 0 Å². The molecule has 0 heterocycles. The third-order valence-electron chi connectivity index (χ3n) is 0.462. The van der Waals surface area contributed by atoms with Crippen LogP contribution >= 0.6 is 0 Å². The molecule has 0 bridgehead atoms. The van der Waals surface area contributed by atoms with E-state index >= 15 is 0 Å². The molecule has 0 aliphatic rings. The number of hydroxylamine groups is 2. The highest BCUT2D eigenvalue weighted by molar-refractivity contribution is 4.34. The quantitative estimate of drug-likeness (QED) is 0.461. The van der Waals surface area contributed by atoms with Crippen LogP contribution in [-0.4, -0.2) is 21.7 Å². The van der Waals surface area contributed by atoms with Crippen molar-refractivity contribution >= 4 is 0 Å². The molecule has 0 atom stereocenters. The maximum absolute atomic E-state index is 8.02. The van der Waals surface area contributed by atoms with Gasteiger partial charge in [0.1, 0.15) is 0 Å². The van der Waals surface area contributed by atoms with Crippen molar-refractivity contribution in [3.63, 3.8) is 0 Å². The van der Waals surface area contributed by atoms with E-state index in [0.29, 0.717) is 0 Å². The topological polar surface area (TPSA) is 43.7 Å². The van der Waals surface area contributed by atoms with Crippen LogP contribution in [0.25, 0.3) is 0 Å². The van der Waals surface area contributed by atoms with Crippen LogP contribution in [0.1, 0.15) is 13.8 Å². The Balaban J connectivity index is 2.99. The Labute approximate surface area is 36.7 Å². The third-order valence-corrected chi connectivity index (χ3v) is 0.462. The van der Waals surface area contributed by atoms with Crippen LogP contribution in [0.5, 0.6) is 0 Å². The lowest BCUT2D eigenvalue weighted by atomic mass is 10.4. The minimum absolute atomic E-state index is 0.167. The van der Waals surface area contributed by atoms with Crippen LogP contribution in [0.2, 0.25) is 0 Å². The fourth-order valence-corrected chi connectivity index (χ4v) is 0. The predicted molar refractivity (Wildman–Crippen MR) is 20.5 cm³/mol. The van der Waals surface area contributed by atoms with Crippen LogP contribution < -0.4 is 0 Å². The summed E-state index contributed by atoms with van der Waals surface area (Å²) in [6, 6.07) is -0.204. The van der Waals surface area contributed by atoms with Crippen molar-refractivity contribution in [3.05, 3.63) is 0 Å². The molecule has 0 amide bonds. The van der Waals surface area contributed by atoms with Crippen LogP contribution in [0, 0.1) is 0 Å². The van der Waals surface area contributed by atoms with Gasteiger partial charge in [0.2, 0.25) is 0 Å². The molecular weight excluding hydrogens is 82.0 g/mol. The van der Waals surface area contributed by atoms with Gasteiger partial charge >= 0.3 is 0 Å². The van der Waals surface area contributed by atoms with Crippen LogP contribution in [0.15, 0.2) is 0 Å². The summed E-state index contributed by atoms with van der Waals surface area (Å²) in [5.74, 6) is 0. The Kier molecular flexibility index (Phi) is 2.08. The molecule has 0 aromatic heterocycles. The molecule has 6 heavy (non-hydrogen) atoms. The second-order valence-electron chi connectivity index (χ2n) is 1.41. The summed E-state index contributed by atoms with van der Waals surface area (Å²) in [5, 5.41) is 16.2. The summed E-state index contributed by atoms with van der Waals surface area (Å²) in [6.07, 6.45) is 0. The number of hydrogen-bond acceptors (Lipinski definition) is 3. The fraction of sp³-hybridized carbons (Fsp3) is 1.00. The van der Waals surface area contributed by atoms with E-state index in [1.54, 1.807) is 13.8 Å². The minimum atomic E-state index is -0.204. The van der Waals surface area contributed by atoms with Gasteiger partial charge in [-0.2, -0.15) is 0 Å². The molecule has 0 fully saturated rings. The maximum atomic E-state index is 8.02. The molecule has 38 valence electrons. The highest BCUT2D eigenvalue weighted by Crippen LogP contribution is 1.83. The number of hydrogen-bond donors (Lipinski definition) is 2. The van der Waals surface area contributed by atoms with E-state index in [1.165, 1.54) is 0 Å². The van der Waals surface area contributed by atoms with E-state index in [1.807, 2.05) is 0 Å². The van der Waals surface area contributed by atoms with Gasteiger partial charge in [-0.3, -0.25) is 10.4 Å². The SMILES string of the molecule is CC(C)N(O)O. The van der Waals surface area contributed by atoms with Gasteiger partial charge in [0, 0.05) is 0 Å². The highest BCUT2D eigenvalue weighted by atomic mass is 16.8. The van der Waals surface area contributed by atoms with Gasteiger partial charge in [-0.15, -0.1) is 0 Å². The molecule has 0 aliphatic carbocycles. The molecule has 0 unspecified atom stereocenters. The Bertz CT molecular complexity index is 29.8. The Morgan fingerprint density at radius 1 is 1.33 bits per heavy atom. The Morgan fingerprint density at radius 3 is 1.50 bits per heavy atom. The molecule has 0 aromatic carbocycles. The summed E-state index contributed by atoms with van der Waals surface area (Å²) < 4.78 is 0. The van der Waals surface area contributed by atoms with Crippen molar-refractivity contribution in [2.24, 2.45) is 0 Å². The van der Waals surface area contributed by atoms with Gasteiger partial charge < -0.3 is 0 Å². The van der Waals surface area contributed by atoms with E-state index in [-0.39, 0.29) is 11.3 Å². The van der Waals surface area contributed by atoms with Crippen molar-refractivity contribution in [2.75, 3.05) is 0 Å². The minimum Gasteiger partial charge on any atom is -0.289 e. The van der Waals surface area contributed by atoms with Crippen molar-refractivity contribution in [1.82, 2.24) is 5.23 Å². The van der Waals surface area contributed by atoms with Crippen molar-refractivity contribution in [2.45, 2.75) is 19.9 Å². The Morgan fingerprint density at radius 2 is 1.50 bits per heavy atom. The average molecular weight is 91.1 g/mol. The number of rotatable bonds is 1. The van der Waals surface area contributed by atoms with E-state index in [2.05, 4.69) is 0 Å². The summed E-state index contributed by atoms with van der Waals surface area (Å²) in [7, 11) is 0. The molecule has 3 nitrogen and oxygen atoms in total. The second-order valence-corrected chi connectivity index (χ2v) is 1.41. The van der Waals surface area contributed by atoms with Crippen LogP contribution in [0.4, 0.5) is 0 Å². The lowest BCUT2D eigenvalue weighted by Gasteiger charge is -2.07. The maximum Gasteiger partial charge on any atom is 0.0567 e. The monoisotopic (exact) mass is 91.1 g/mol. The standard InChI is InChI=1S/C3H9NO2/c1-3(2)4(5)6/h3,5-6H,1-2H3. The first-order valence-electron chi connectivity index (χ1n) is 1.81. The zero-order chi connectivity index (χ0) is 5.15. The molecule has 0 saturated carbocycles. The first kappa shape index (κ1) is 5.88. The molecule has 0 saturated heterocycles. The molecule has 3 heteroatoms. The average Bonchev–Trinajstić information content (AvgIpc) is 1.36. The summed E-state index contributed by atoms with van der Waals surface area (Å²) in [6.45, 7) is 3.33. The summed E-state index contributed by atoms with van der Waals surface area (Å²) in [5.41, 5.74) is 0. The molecule has 0 radical (unpaired) electrons. The molecule has 0 rings (SSSR count). The van der Waals surface area contributed by atoms with Gasteiger partial charge in [-0.25, -0.2) is 0 Å². The molecule has 0 spiro atoms. The Hall–Kier alpha value is -0.120. The fourth-order valence-electron chi connectivity index (χ4n) is 0. The van der Waals surface area contributed by atoms with Gasteiger partial charge in [-0.05, 0) is 13.8 Å². The van der Waals surface area contributed by atoms with Crippen LogP contribution in [0.3, 0.4) is 0 Å².